The van der Waals surface area contributed by atoms with Crippen molar-refractivity contribution in [1.82, 2.24) is 9.80 Å². The molecule has 0 spiro atoms. The number of amides is 2. The van der Waals surface area contributed by atoms with Gasteiger partial charge in [0.1, 0.15) is 0 Å². The lowest BCUT2D eigenvalue weighted by molar-refractivity contribution is -0.147. The summed E-state index contributed by atoms with van der Waals surface area (Å²) in [4.78, 5) is 38.2. The van der Waals surface area contributed by atoms with Gasteiger partial charge in [-0.2, -0.15) is 0 Å². The lowest BCUT2D eigenvalue weighted by Gasteiger charge is -2.32. The molecule has 1 aliphatic heterocycles. The monoisotopic (exact) mass is 306 g/mol. The summed E-state index contributed by atoms with van der Waals surface area (Å²) in [5.41, 5.74) is 0.821. The number of morpholine rings is 1. The van der Waals surface area contributed by atoms with Crippen molar-refractivity contribution in [3.05, 3.63) is 35.4 Å². The van der Waals surface area contributed by atoms with Gasteiger partial charge in [-0.15, -0.1) is 0 Å². The van der Waals surface area contributed by atoms with Crippen molar-refractivity contribution in [3.63, 3.8) is 0 Å². The second-order valence-electron chi connectivity index (χ2n) is 5.20. The molecule has 0 bridgehead atoms. The molecule has 1 heterocycles. The van der Waals surface area contributed by atoms with E-state index in [-0.39, 0.29) is 25.0 Å². The Kier molecular flexibility index (Phi) is 4.77. The molecule has 1 N–H and O–H groups in total. The van der Waals surface area contributed by atoms with E-state index in [1.807, 2.05) is 0 Å². The van der Waals surface area contributed by atoms with E-state index >= 15 is 0 Å². The second kappa shape index (κ2) is 6.57. The van der Waals surface area contributed by atoms with Crippen LogP contribution in [0, 0.1) is 0 Å². The van der Waals surface area contributed by atoms with Crippen LogP contribution in [0.4, 0.5) is 0 Å². The molecule has 1 unspecified atom stereocenters. The van der Waals surface area contributed by atoms with Crippen molar-refractivity contribution < 1.29 is 24.2 Å². The summed E-state index contributed by atoms with van der Waals surface area (Å²) in [5, 5.41) is 9.16. The van der Waals surface area contributed by atoms with Crippen LogP contribution in [0.3, 0.4) is 0 Å². The number of carbonyl (C=O) groups is 3. The minimum absolute atomic E-state index is 0.0156. The van der Waals surface area contributed by atoms with Gasteiger partial charge in [0.2, 0.25) is 0 Å². The summed E-state index contributed by atoms with van der Waals surface area (Å²) >= 11 is 0. The SMILES string of the molecule is CN(C)C(=O)c1ccc(C(=O)N2CCOCC2C(=O)O)cc1. The summed E-state index contributed by atoms with van der Waals surface area (Å²) in [5.74, 6) is -1.62. The fourth-order valence-corrected chi connectivity index (χ4v) is 2.23. The molecule has 2 amide bonds. The number of nitrogens with zero attached hydrogens (tertiary/aromatic N) is 2. The van der Waals surface area contributed by atoms with E-state index in [2.05, 4.69) is 0 Å². The maximum Gasteiger partial charge on any atom is 0.328 e. The highest BCUT2D eigenvalue weighted by Gasteiger charge is 2.33. The Morgan fingerprint density at radius 2 is 1.77 bits per heavy atom. The number of ether oxygens (including phenoxy) is 1. The summed E-state index contributed by atoms with van der Waals surface area (Å²) in [6.07, 6.45) is 0. The molecule has 22 heavy (non-hydrogen) atoms. The Balaban J connectivity index is 2.18. The largest absolute Gasteiger partial charge is 0.480 e. The van der Waals surface area contributed by atoms with Crippen LogP contribution in [0.2, 0.25) is 0 Å². The molecular weight excluding hydrogens is 288 g/mol. The molecule has 1 saturated heterocycles. The van der Waals surface area contributed by atoms with Crippen molar-refractivity contribution >= 4 is 17.8 Å². The zero-order valence-electron chi connectivity index (χ0n) is 12.5. The van der Waals surface area contributed by atoms with Crippen molar-refractivity contribution in [3.8, 4) is 0 Å². The molecule has 0 radical (unpaired) electrons. The molecular formula is C15H18N2O5. The van der Waals surface area contributed by atoms with E-state index in [0.29, 0.717) is 17.7 Å². The highest BCUT2D eigenvalue weighted by molar-refractivity contribution is 5.99. The first kappa shape index (κ1) is 16.0. The van der Waals surface area contributed by atoms with E-state index in [0.717, 1.165) is 0 Å². The number of carboxylic acid groups (broad SMARTS) is 1. The maximum atomic E-state index is 12.4. The van der Waals surface area contributed by atoms with Crippen LogP contribution < -0.4 is 0 Å². The van der Waals surface area contributed by atoms with Crippen molar-refractivity contribution in [2.45, 2.75) is 6.04 Å². The maximum absolute atomic E-state index is 12.4. The van der Waals surface area contributed by atoms with Gasteiger partial charge in [0.15, 0.2) is 6.04 Å². The Morgan fingerprint density at radius 1 is 1.18 bits per heavy atom. The van der Waals surface area contributed by atoms with Crippen LogP contribution in [-0.4, -0.2) is 72.6 Å². The molecule has 0 aromatic heterocycles. The Labute approximate surface area is 128 Å². The molecule has 1 aromatic carbocycles. The average molecular weight is 306 g/mol. The third-order valence-electron chi connectivity index (χ3n) is 3.46. The standard InChI is InChI=1S/C15H18N2O5/c1-16(2)13(18)10-3-5-11(6-4-10)14(19)17-7-8-22-9-12(17)15(20)21/h3-6,12H,7-9H2,1-2H3,(H,20,21). The zero-order valence-corrected chi connectivity index (χ0v) is 12.5. The van der Waals surface area contributed by atoms with Crippen molar-refractivity contribution in [2.75, 3.05) is 33.9 Å². The molecule has 0 saturated carbocycles. The topological polar surface area (TPSA) is 87.2 Å². The summed E-state index contributed by atoms with van der Waals surface area (Å²) < 4.78 is 5.11. The van der Waals surface area contributed by atoms with Crippen LogP contribution in [0.25, 0.3) is 0 Å². The number of benzene rings is 1. The predicted molar refractivity (Wildman–Crippen MR) is 77.7 cm³/mol. The molecule has 7 nitrogen and oxygen atoms in total. The Hall–Kier alpha value is -2.41. The zero-order chi connectivity index (χ0) is 16.3. The van der Waals surface area contributed by atoms with Gasteiger partial charge >= 0.3 is 5.97 Å². The number of carboxylic acids is 1. The lowest BCUT2D eigenvalue weighted by Crippen LogP contribution is -2.52. The minimum Gasteiger partial charge on any atom is -0.480 e. The molecule has 7 heteroatoms. The fraction of sp³-hybridized carbons (Fsp3) is 0.400. The van der Waals surface area contributed by atoms with Gasteiger partial charge in [-0.3, -0.25) is 9.59 Å². The third kappa shape index (κ3) is 3.25. The van der Waals surface area contributed by atoms with Crippen LogP contribution in [0.5, 0.6) is 0 Å². The fourth-order valence-electron chi connectivity index (χ4n) is 2.23. The quantitative estimate of drug-likeness (QED) is 0.868. The Morgan fingerprint density at radius 3 is 2.32 bits per heavy atom. The van der Waals surface area contributed by atoms with Gasteiger partial charge in [-0.25, -0.2) is 4.79 Å². The van der Waals surface area contributed by atoms with E-state index in [1.165, 1.54) is 21.9 Å². The van der Waals surface area contributed by atoms with Crippen LogP contribution in [0.15, 0.2) is 24.3 Å². The van der Waals surface area contributed by atoms with Gasteiger partial charge in [-0.05, 0) is 24.3 Å². The number of rotatable bonds is 3. The Bertz CT molecular complexity index is 582. The molecule has 2 rings (SSSR count). The van der Waals surface area contributed by atoms with E-state index in [9.17, 15) is 14.4 Å². The van der Waals surface area contributed by atoms with Gasteiger partial charge < -0.3 is 19.6 Å². The van der Waals surface area contributed by atoms with Gasteiger partial charge in [-0.1, -0.05) is 0 Å². The van der Waals surface area contributed by atoms with E-state index in [1.54, 1.807) is 26.2 Å². The van der Waals surface area contributed by atoms with E-state index < -0.39 is 12.0 Å². The van der Waals surface area contributed by atoms with Crippen LogP contribution in [0.1, 0.15) is 20.7 Å². The highest BCUT2D eigenvalue weighted by atomic mass is 16.5. The molecule has 1 atom stereocenters. The first-order chi connectivity index (χ1) is 10.4. The molecule has 0 aliphatic carbocycles. The summed E-state index contributed by atoms with van der Waals surface area (Å²) in [6, 6.07) is 5.21. The third-order valence-corrected chi connectivity index (χ3v) is 3.46. The molecule has 1 fully saturated rings. The predicted octanol–water partition coefficient (Wildman–Crippen LogP) is 0.314. The van der Waals surface area contributed by atoms with Crippen LogP contribution in [-0.2, 0) is 9.53 Å². The molecule has 118 valence electrons. The van der Waals surface area contributed by atoms with Gasteiger partial charge in [0.05, 0.1) is 13.2 Å². The second-order valence-corrected chi connectivity index (χ2v) is 5.20. The first-order valence-corrected chi connectivity index (χ1v) is 6.85. The lowest BCUT2D eigenvalue weighted by atomic mass is 10.1. The number of hydrogen-bond donors (Lipinski definition) is 1. The minimum atomic E-state index is -1.09. The van der Waals surface area contributed by atoms with Gasteiger partial charge in [0, 0.05) is 31.8 Å². The van der Waals surface area contributed by atoms with Crippen LogP contribution >= 0.6 is 0 Å². The summed E-state index contributed by atoms with van der Waals surface area (Å²) in [6.45, 7) is 0.527. The average Bonchev–Trinajstić information content (AvgIpc) is 2.53. The number of hydrogen-bond acceptors (Lipinski definition) is 4. The molecule has 1 aliphatic rings. The summed E-state index contributed by atoms with van der Waals surface area (Å²) in [7, 11) is 3.29. The number of aliphatic carboxylic acids is 1. The molecule has 1 aromatic rings. The number of carbonyl (C=O) groups excluding carboxylic acids is 2. The smallest absolute Gasteiger partial charge is 0.328 e. The van der Waals surface area contributed by atoms with E-state index in [4.69, 9.17) is 9.84 Å². The van der Waals surface area contributed by atoms with Crippen molar-refractivity contribution in [1.29, 1.82) is 0 Å². The highest BCUT2D eigenvalue weighted by Crippen LogP contribution is 2.14. The normalized spacial score (nSPS) is 17.9. The first-order valence-electron chi connectivity index (χ1n) is 6.85. The van der Waals surface area contributed by atoms with Gasteiger partial charge in [0.25, 0.3) is 11.8 Å². The van der Waals surface area contributed by atoms with Crippen molar-refractivity contribution in [2.24, 2.45) is 0 Å².